The Morgan fingerprint density at radius 2 is 2.05 bits per heavy atom. The highest BCUT2D eigenvalue weighted by atomic mass is 32.2. The van der Waals surface area contributed by atoms with Gasteiger partial charge in [0.05, 0.1) is 0 Å². The second kappa shape index (κ2) is 5.94. The van der Waals surface area contributed by atoms with Crippen LogP contribution in [0.4, 0.5) is 14.6 Å². The van der Waals surface area contributed by atoms with E-state index in [-0.39, 0.29) is 17.3 Å². The number of nitrogens with two attached hydrogens (primary N) is 1. The first-order chi connectivity index (χ1) is 9.08. The lowest BCUT2D eigenvalue weighted by molar-refractivity contribution is 0.177. The SMILES string of the molecule is COCc1nc(N)cc(Sc2ccc(F)cc2F)n1. The first kappa shape index (κ1) is 13.7. The highest BCUT2D eigenvalue weighted by molar-refractivity contribution is 7.99. The number of methoxy groups -OCH3 is 1. The van der Waals surface area contributed by atoms with Crippen molar-refractivity contribution in [3.05, 3.63) is 41.7 Å². The molecule has 1 aromatic heterocycles. The second-order valence-electron chi connectivity index (χ2n) is 3.66. The van der Waals surface area contributed by atoms with Crippen molar-refractivity contribution in [1.82, 2.24) is 9.97 Å². The van der Waals surface area contributed by atoms with Crippen molar-refractivity contribution < 1.29 is 13.5 Å². The molecule has 0 fully saturated rings. The van der Waals surface area contributed by atoms with Crippen LogP contribution in [-0.2, 0) is 11.3 Å². The molecule has 0 radical (unpaired) electrons. The summed E-state index contributed by atoms with van der Waals surface area (Å²) < 4.78 is 31.2. The average Bonchev–Trinajstić information content (AvgIpc) is 2.32. The first-order valence-electron chi connectivity index (χ1n) is 5.34. The standard InChI is InChI=1S/C12H11F2N3OS/c1-18-6-11-16-10(15)5-12(17-11)19-9-3-2-7(13)4-8(9)14/h2-5H,6H2,1H3,(H2,15,16,17). The Bertz CT molecular complexity index is 595. The molecule has 0 aliphatic rings. The molecular weight excluding hydrogens is 272 g/mol. The fraction of sp³-hybridized carbons (Fsp3) is 0.167. The zero-order valence-corrected chi connectivity index (χ0v) is 10.9. The Balaban J connectivity index is 2.27. The summed E-state index contributed by atoms with van der Waals surface area (Å²) in [5.41, 5.74) is 5.63. The lowest BCUT2D eigenvalue weighted by Gasteiger charge is -2.06. The number of anilines is 1. The van der Waals surface area contributed by atoms with Crippen LogP contribution in [0.5, 0.6) is 0 Å². The summed E-state index contributed by atoms with van der Waals surface area (Å²) in [5.74, 6) is -0.584. The number of nitrogens with zero attached hydrogens (tertiary/aromatic N) is 2. The van der Waals surface area contributed by atoms with E-state index >= 15 is 0 Å². The van der Waals surface area contributed by atoms with E-state index in [4.69, 9.17) is 10.5 Å². The molecule has 2 aromatic rings. The second-order valence-corrected chi connectivity index (χ2v) is 4.72. The number of halogens is 2. The smallest absolute Gasteiger partial charge is 0.157 e. The zero-order valence-electron chi connectivity index (χ0n) is 10.1. The van der Waals surface area contributed by atoms with Crippen LogP contribution in [-0.4, -0.2) is 17.1 Å². The molecule has 1 aromatic carbocycles. The van der Waals surface area contributed by atoms with E-state index < -0.39 is 11.6 Å². The van der Waals surface area contributed by atoms with Crippen molar-refractivity contribution >= 4 is 17.6 Å². The molecule has 1 heterocycles. The van der Waals surface area contributed by atoms with E-state index in [0.29, 0.717) is 10.9 Å². The van der Waals surface area contributed by atoms with E-state index in [9.17, 15) is 8.78 Å². The Labute approximate surface area is 113 Å². The third-order valence-electron chi connectivity index (χ3n) is 2.15. The predicted octanol–water partition coefficient (Wildman–Crippen LogP) is 2.63. The Morgan fingerprint density at radius 3 is 2.74 bits per heavy atom. The largest absolute Gasteiger partial charge is 0.384 e. The van der Waals surface area contributed by atoms with E-state index in [0.717, 1.165) is 17.8 Å². The Kier molecular flexibility index (Phi) is 4.28. The van der Waals surface area contributed by atoms with E-state index in [1.54, 1.807) is 0 Å². The molecule has 0 saturated heterocycles. The maximum Gasteiger partial charge on any atom is 0.157 e. The molecule has 0 saturated carbocycles. The van der Waals surface area contributed by atoms with E-state index in [1.165, 1.54) is 25.3 Å². The van der Waals surface area contributed by atoms with Crippen molar-refractivity contribution in [3.8, 4) is 0 Å². The third kappa shape index (κ3) is 3.62. The highest BCUT2D eigenvalue weighted by Crippen LogP contribution is 2.29. The van der Waals surface area contributed by atoms with Gasteiger partial charge in [-0.15, -0.1) is 0 Å². The highest BCUT2D eigenvalue weighted by Gasteiger charge is 2.09. The summed E-state index contributed by atoms with van der Waals surface area (Å²) in [4.78, 5) is 8.41. The summed E-state index contributed by atoms with van der Waals surface area (Å²) in [5, 5.41) is 0.477. The number of hydrogen-bond donors (Lipinski definition) is 1. The van der Waals surface area contributed by atoms with Gasteiger partial charge in [-0.25, -0.2) is 18.7 Å². The molecule has 0 aliphatic carbocycles. The fourth-order valence-corrected chi connectivity index (χ4v) is 2.26. The van der Waals surface area contributed by atoms with Gasteiger partial charge in [-0.3, -0.25) is 0 Å². The van der Waals surface area contributed by atoms with Crippen molar-refractivity contribution in [3.63, 3.8) is 0 Å². The molecule has 0 atom stereocenters. The van der Waals surface area contributed by atoms with Crippen molar-refractivity contribution in [1.29, 1.82) is 0 Å². The summed E-state index contributed by atoms with van der Waals surface area (Å²) in [6.45, 7) is 0.213. The van der Waals surface area contributed by atoms with Crippen LogP contribution in [0.1, 0.15) is 5.82 Å². The number of nitrogen functional groups attached to an aromatic ring is 1. The molecule has 0 bridgehead atoms. The topological polar surface area (TPSA) is 61.0 Å². The molecular formula is C12H11F2N3OS. The monoisotopic (exact) mass is 283 g/mol. The van der Waals surface area contributed by atoms with Gasteiger partial charge in [0.15, 0.2) is 5.82 Å². The van der Waals surface area contributed by atoms with Crippen LogP contribution in [0.3, 0.4) is 0 Å². The normalized spacial score (nSPS) is 10.7. The summed E-state index contributed by atoms with van der Waals surface area (Å²) in [7, 11) is 1.51. The van der Waals surface area contributed by atoms with Crippen LogP contribution < -0.4 is 5.73 Å². The fourth-order valence-electron chi connectivity index (χ4n) is 1.41. The molecule has 2 N–H and O–H groups in total. The van der Waals surface area contributed by atoms with Gasteiger partial charge < -0.3 is 10.5 Å². The number of benzene rings is 1. The summed E-state index contributed by atoms with van der Waals surface area (Å²) >= 11 is 1.05. The summed E-state index contributed by atoms with van der Waals surface area (Å²) in [6.07, 6.45) is 0. The van der Waals surface area contributed by atoms with Crippen LogP contribution in [0.15, 0.2) is 34.2 Å². The Morgan fingerprint density at radius 1 is 1.26 bits per heavy atom. The van der Waals surface area contributed by atoms with Crippen molar-refractivity contribution in [2.24, 2.45) is 0 Å². The van der Waals surface area contributed by atoms with Crippen LogP contribution in [0.2, 0.25) is 0 Å². The third-order valence-corrected chi connectivity index (χ3v) is 3.12. The van der Waals surface area contributed by atoms with Gasteiger partial charge in [0.25, 0.3) is 0 Å². The van der Waals surface area contributed by atoms with Gasteiger partial charge >= 0.3 is 0 Å². The minimum atomic E-state index is -0.643. The zero-order chi connectivity index (χ0) is 13.8. The number of ether oxygens (including phenoxy) is 1. The van der Waals surface area contributed by atoms with Crippen molar-refractivity contribution in [2.45, 2.75) is 16.5 Å². The maximum atomic E-state index is 13.5. The first-order valence-corrected chi connectivity index (χ1v) is 6.15. The molecule has 0 spiro atoms. The number of aromatic nitrogens is 2. The Hall–Kier alpha value is -1.73. The minimum absolute atomic E-state index is 0.213. The minimum Gasteiger partial charge on any atom is -0.384 e. The van der Waals surface area contributed by atoms with Gasteiger partial charge in [-0.2, -0.15) is 0 Å². The van der Waals surface area contributed by atoms with Gasteiger partial charge in [-0.05, 0) is 12.1 Å². The van der Waals surface area contributed by atoms with Gasteiger partial charge in [0, 0.05) is 24.1 Å². The van der Waals surface area contributed by atoms with Crippen LogP contribution in [0.25, 0.3) is 0 Å². The average molecular weight is 283 g/mol. The van der Waals surface area contributed by atoms with Gasteiger partial charge in [0.2, 0.25) is 0 Å². The molecule has 7 heteroatoms. The van der Waals surface area contributed by atoms with E-state index in [2.05, 4.69) is 9.97 Å². The lowest BCUT2D eigenvalue weighted by Crippen LogP contribution is -2.02. The number of rotatable bonds is 4. The molecule has 19 heavy (non-hydrogen) atoms. The predicted molar refractivity (Wildman–Crippen MR) is 67.6 cm³/mol. The van der Waals surface area contributed by atoms with Gasteiger partial charge in [0.1, 0.15) is 29.1 Å². The number of hydrogen-bond acceptors (Lipinski definition) is 5. The lowest BCUT2D eigenvalue weighted by atomic mass is 10.3. The summed E-state index contributed by atoms with van der Waals surface area (Å²) in [6, 6.07) is 4.88. The molecule has 0 aliphatic heterocycles. The molecule has 100 valence electrons. The van der Waals surface area contributed by atoms with Crippen LogP contribution >= 0.6 is 11.8 Å². The van der Waals surface area contributed by atoms with Gasteiger partial charge in [-0.1, -0.05) is 11.8 Å². The molecule has 4 nitrogen and oxygen atoms in total. The quantitative estimate of drug-likeness (QED) is 0.874. The van der Waals surface area contributed by atoms with E-state index in [1.807, 2.05) is 0 Å². The molecule has 0 amide bonds. The maximum absolute atomic E-state index is 13.5. The van der Waals surface area contributed by atoms with Crippen molar-refractivity contribution in [2.75, 3.05) is 12.8 Å². The van der Waals surface area contributed by atoms with Crippen LogP contribution in [0, 0.1) is 11.6 Å². The molecule has 0 unspecified atom stereocenters. The molecule has 2 rings (SSSR count).